The first kappa shape index (κ1) is 30.7. The Morgan fingerprint density at radius 2 is 1.61 bits per heavy atom. The molecule has 2 fully saturated rings. The molecule has 2 aromatic carbocycles. The maximum absolute atomic E-state index is 13.6. The van der Waals surface area contributed by atoms with Gasteiger partial charge in [-0.15, -0.1) is 12.4 Å². The van der Waals surface area contributed by atoms with Crippen molar-refractivity contribution in [3.05, 3.63) is 63.9 Å². The van der Waals surface area contributed by atoms with Crippen LogP contribution in [0.15, 0.2) is 42.5 Å². The standard InChI is InChI=1S/C29H36Cl2FN3O2.ClH/c1-21(36)34-17-11-24(12-18-34)29(37)35(26-7-8-27(30)28(31)20-26)14-2-13-33-15-9-23(10-16-33)19-22-3-5-25(32)6-4-22;/h3-8,20,23-24H,2,9-19H2,1H3;1H. The summed E-state index contributed by atoms with van der Waals surface area (Å²) in [6, 6.07) is 12.2. The van der Waals surface area contributed by atoms with E-state index in [2.05, 4.69) is 4.90 Å². The number of piperidine rings is 2. The van der Waals surface area contributed by atoms with Crippen LogP contribution in [0.5, 0.6) is 0 Å². The number of amides is 2. The topological polar surface area (TPSA) is 43.9 Å². The van der Waals surface area contributed by atoms with Crippen molar-refractivity contribution in [3.8, 4) is 0 Å². The van der Waals surface area contributed by atoms with E-state index in [-0.39, 0.29) is 36.0 Å². The van der Waals surface area contributed by atoms with Crippen molar-refractivity contribution in [2.45, 2.75) is 45.4 Å². The summed E-state index contributed by atoms with van der Waals surface area (Å²) in [4.78, 5) is 31.4. The summed E-state index contributed by atoms with van der Waals surface area (Å²) in [5.74, 6) is 0.492. The molecule has 0 atom stereocenters. The lowest BCUT2D eigenvalue weighted by atomic mass is 9.90. The summed E-state index contributed by atoms with van der Waals surface area (Å²) in [6.07, 6.45) is 5.47. The van der Waals surface area contributed by atoms with Gasteiger partial charge in [0.15, 0.2) is 0 Å². The fourth-order valence-corrected chi connectivity index (χ4v) is 5.79. The lowest BCUT2D eigenvalue weighted by Gasteiger charge is -2.35. The van der Waals surface area contributed by atoms with E-state index in [1.807, 2.05) is 28.0 Å². The van der Waals surface area contributed by atoms with Crippen molar-refractivity contribution in [1.29, 1.82) is 0 Å². The molecule has 208 valence electrons. The van der Waals surface area contributed by atoms with Crippen LogP contribution in [0, 0.1) is 17.7 Å². The van der Waals surface area contributed by atoms with Gasteiger partial charge in [-0.1, -0.05) is 35.3 Å². The fourth-order valence-electron chi connectivity index (χ4n) is 5.50. The summed E-state index contributed by atoms with van der Waals surface area (Å²) in [5.41, 5.74) is 1.97. The molecule has 2 saturated heterocycles. The molecule has 0 saturated carbocycles. The zero-order valence-corrected chi connectivity index (χ0v) is 24.2. The van der Waals surface area contributed by atoms with E-state index in [0.29, 0.717) is 48.4 Å². The normalized spacial score (nSPS) is 17.2. The fraction of sp³-hybridized carbons (Fsp3) is 0.517. The summed E-state index contributed by atoms with van der Waals surface area (Å²) in [7, 11) is 0. The molecule has 2 aliphatic rings. The van der Waals surface area contributed by atoms with Crippen LogP contribution >= 0.6 is 35.6 Å². The van der Waals surface area contributed by atoms with E-state index in [9.17, 15) is 14.0 Å². The Morgan fingerprint density at radius 1 is 0.947 bits per heavy atom. The highest BCUT2D eigenvalue weighted by Crippen LogP contribution is 2.30. The van der Waals surface area contributed by atoms with Gasteiger partial charge >= 0.3 is 0 Å². The minimum Gasteiger partial charge on any atom is -0.343 e. The molecule has 2 aliphatic heterocycles. The molecule has 9 heteroatoms. The molecule has 5 nitrogen and oxygen atoms in total. The number of likely N-dealkylation sites (tertiary alicyclic amines) is 2. The Bertz CT molecular complexity index is 1070. The Labute approximate surface area is 241 Å². The zero-order chi connectivity index (χ0) is 26.4. The SMILES string of the molecule is CC(=O)N1CCC(C(=O)N(CCCN2CCC(Cc3ccc(F)cc3)CC2)c2ccc(Cl)c(Cl)c2)CC1.Cl. The average Bonchev–Trinajstić information content (AvgIpc) is 2.90. The van der Waals surface area contributed by atoms with E-state index in [4.69, 9.17) is 23.2 Å². The maximum Gasteiger partial charge on any atom is 0.230 e. The van der Waals surface area contributed by atoms with Crippen molar-refractivity contribution in [2.75, 3.05) is 44.2 Å². The number of carbonyl (C=O) groups excluding carboxylic acids is 2. The molecular formula is C29H37Cl3FN3O2. The van der Waals surface area contributed by atoms with Crippen LogP contribution in [-0.4, -0.2) is 60.9 Å². The first-order valence-corrected chi connectivity index (χ1v) is 14.0. The number of halogens is 4. The number of nitrogens with zero attached hydrogens (tertiary/aromatic N) is 3. The van der Waals surface area contributed by atoms with Crippen molar-refractivity contribution < 1.29 is 14.0 Å². The Kier molecular flexibility index (Phi) is 11.7. The van der Waals surface area contributed by atoms with E-state index in [1.165, 1.54) is 17.7 Å². The monoisotopic (exact) mass is 583 g/mol. The molecule has 2 aromatic rings. The number of carbonyl (C=O) groups is 2. The first-order chi connectivity index (χ1) is 17.8. The molecule has 0 bridgehead atoms. The van der Waals surface area contributed by atoms with E-state index < -0.39 is 0 Å². The van der Waals surface area contributed by atoms with Crippen LogP contribution in [0.3, 0.4) is 0 Å². The molecule has 0 radical (unpaired) electrons. The van der Waals surface area contributed by atoms with Crippen LogP contribution in [0.25, 0.3) is 0 Å². The maximum atomic E-state index is 13.6. The van der Waals surface area contributed by atoms with E-state index >= 15 is 0 Å². The minimum absolute atomic E-state index is 0. The molecule has 0 unspecified atom stereocenters. The molecule has 2 amide bonds. The van der Waals surface area contributed by atoms with Crippen molar-refractivity contribution >= 4 is 53.1 Å². The van der Waals surface area contributed by atoms with Gasteiger partial charge in [-0.05, 0) is 100.0 Å². The number of anilines is 1. The van der Waals surface area contributed by atoms with Gasteiger partial charge in [-0.2, -0.15) is 0 Å². The largest absolute Gasteiger partial charge is 0.343 e. The minimum atomic E-state index is -0.187. The highest BCUT2D eigenvalue weighted by Gasteiger charge is 2.30. The third-order valence-electron chi connectivity index (χ3n) is 7.77. The van der Waals surface area contributed by atoms with E-state index in [0.717, 1.165) is 51.0 Å². The average molecular weight is 585 g/mol. The Balaban J connectivity index is 0.00000400. The summed E-state index contributed by atoms with van der Waals surface area (Å²) < 4.78 is 13.2. The van der Waals surface area contributed by atoms with Crippen LogP contribution in [0.4, 0.5) is 10.1 Å². The number of rotatable bonds is 8. The Hall–Kier alpha value is -1.86. The van der Waals surface area contributed by atoms with Crippen LogP contribution in [0.1, 0.15) is 44.6 Å². The molecule has 2 heterocycles. The van der Waals surface area contributed by atoms with Crippen LogP contribution in [-0.2, 0) is 16.0 Å². The number of hydrogen-bond donors (Lipinski definition) is 0. The highest BCUT2D eigenvalue weighted by molar-refractivity contribution is 6.42. The second-order valence-corrected chi connectivity index (χ2v) is 11.2. The lowest BCUT2D eigenvalue weighted by Crippen LogP contribution is -2.45. The van der Waals surface area contributed by atoms with E-state index in [1.54, 1.807) is 19.1 Å². The van der Waals surface area contributed by atoms with Gasteiger partial charge in [-0.3, -0.25) is 9.59 Å². The summed E-state index contributed by atoms with van der Waals surface area (Å²) in [5, 5.41) is 0.905. The van der Waals surface area contributed by atoms with Crippen LogP contribution in [0.2, 0.25) is 10.0 Å². The van der Waals surface area contributed by atoms with Crippen molar-refractivity contribution in [2.24, 2.45) is 11.8 Å². The Morgan fingerprint density at radius 3 is 2.21 bits per heavy atom. The third-order valence-corrected chi connectivity index (χ3v) is 8.51. The van der Waals surface area contributed by atoms with Crippen molar-refractivity contribution in [3.63, 3.8) is 0 Å². The van der Waals surface area contributed by atoms with Crippen LogP contribution < -0.4 is 4.90 Å². The van der Waals surface area contributed by atoms with Gasteiger partial charge in [0.1, 0.15) is 5.82 Å². The predicted molar refractivity (Wildman–Crippen MR) is 155 cm³/mol. The van der Waals surface area contributed by atoms with Gasteiger partial charge in [0.25, 0.3) is 0 Å². The molecule has 0 spiro atoms. The molecule has 38 heavy (non-hydrogen) atoms. The second kappa shape index (κ2) is 14.5. The summed E-state index contributed by atoms with van der Waals surface area (Å²) in [6.45, 7) is 6.43. The summed E-state index contributed by atoms with van der Waals surface area (Å²) >= 11 is 12.4. The van der Waals surface area contributed by atoms with Gasteiger partial charge in [0.05, 0.1) is 10.0 Å². The van der Waals surface area contributed by atoms with Crippen molar-refractivity contribution in [1.82, 2.24) is 9.80 Å². The first-order valence-electron chi connectivity index (χ1n) is 13.3. The van der Waals surface area contributed by atoms with Gasteiger partial charge in [-0.25, -0.2) is 4.39 Å². The third kappa shape index (κ3) is 8.32. The van der Waals surface area contributed by atoms with Gasteiger partial charge in [0, 0.05) is 38.2 Å². The smallest absolute Gasteiger partial charge is 0.230 e. The highest BCUT2D eigenvalue weighted by atomic mass is 35.5. The molecule has 0 aliphatic carbocycles. The second-order valence-electron chi connectivity index (χ2n) is 10.3. The number of hydrogen-bond acceptors (Lipinski definition) is 3. The number of benzene rings is 2. The quantitative estimate of drug-likeness (QED) is 0.356. The van der Waals surface area contributed by atoms with Gasteiger partial charge in [0.2, 0.25) is 11.8 Å². The molecular weight excluding hydrogens is 548 g/mol. The lowest BCUT2D eigenvalue weighted by molar-refractivity contribution is -0.133. The van der Waals surface area contributed by atoms with Gasteiger partial charge < -0.3 is 14.7 Å². The molecule has 4 rings (SSSR count). The molecule has 0 N–H and O–H groups in total. The predicted octanol–water partition coefficient (Wildman–Crippen LogP) is 6.49. The zero-order valence-electron chi connectivity index (χ0n) is 21.9. The molecule has 0 aromatic heterocycles.